The third-order valence-electron chi connectivity index (χ3n) is 2.00. The number of amides is 2. The molecule has 1 rings (SSSR count). The molecule has 0 heterocycles. The minimum atomic E-state index is -0.389. The molecule has 0 aliphatic heterocycles. The Balaban J connectivity index is 2.49. The van der Waals surface area contributed by atoms with Crippen LogP contribution < -0.4 is 5.73 Å². The molecule has 0 bridgehead atoms. The highest BCUT2D eigenvalue weighted by atomic mass is 79.9. The summed E-state index contributed by atoms with van der Waals surface area (Å²) in [4.78, 5) is 12.2. The number of urea groups is 1. The second-order valence-electron chi connectivity index (χ2n) is 3.14. The van der Waals surface area contributed by atoms with E-state index in [0.717, 1.165) is 10.9 Å². The molecule has 0 atom stereocenters. The Labute approximate surface area is 92.0 Å². The Morgan fingerprint density at radius 1 is 1.57 bits per heavy atom. The van der Waals surface area contributed by atoms with Crippen LogP contribution in [0.15, 0.2) is 28.7 Å². The summed E-state index contributed by atoms with van der Waals surface area (Å²) in [5.74, 6) is 0. The molecule has 0 saturated carbocycles. The van der Waals surface area contributed by atoms with Gasteiger partial charge >= 0.3 is 6.03 Å². The first-order valence-corrected chi connectivity index (χ1v) is 5.14. The lowest BCUT2D eigenvalue weighted by Gasteiger charge is -2.13. The number of nitrogens with zero attached hydrogens (tertiary/aromatic N) is 1. The third-order valence-corrected chi connectivity index (χ3v) is 2.49. The van der Waals surface area contributed by atoms with Crippen molar-refractivity contribution in [3.05, 3.63) is 34.3 Å². The van der Waals surface area contributed by atoms with Crippen LogP contribution in [0.25, 0.3) is 0 Å². The van der Waals surface area contributed by atoms with Gasteiger partial charge in [-0.3, -0.25) is 0 Å². The van der Waals surface area contributed by atoms with Crippen LogP contribution in [0.1, 0.15) is 5.56 Å². The van der Waals surface area contributed by atoms with Crippen LogP contribution >= 0.6 is 15.9 Å². The van der Waals surface area contributed by atoms with E-state index < -0.39 is 0 Å². The van der Waals surface area contributed by atoms with Crippen LogP contribution in [0, 0.1) is 0 Å². The largest absolute Gasteiger partial charge is 0.351 e. The Morgan fingerprint density at radius 3 is 2.86 bits per heavy atom. The van der Waals surface area contributed by atoms with Gasteiger partial charge < -0.3 is 10.6 Å². The molecule has 1 aromatic rings. The summed E-state index contributed by atoms with van der Waals surface area (Å²) in [6.45, 7) is 0.645. The number of primary amides is 1. The standard InChI is InChI=1S/C10H13BrN2O/c1-13(10(12)14)6-5-8-3-2-4-9(11)7-8/h2-4,7H,5-6H2,1H3,(H2,12,14). The van der Waals surface area contributed by atoms with E-state index in [-0.39, 0.29) is 6.03 Å². The van der Waals surface area contributed by atoms with Crippen molar-refractivity contribution in [1.29, 1.82) is 0 Å². The summed E-state index contributed by atoms with van der Waals surface area (Å²) in [5, 5.41) is 0. The second-order valence-corrected chi connectivity index (χ2v) is 4.06. The van der Waals surface area contributed by atoms with Gasteiger partial charge in [0.2, 0.25) is 0 Å². The normalized spacial score (nSPS) is 9.86. The minimum Gasteiger partial charge on any atom is -0.351 e. The lowest BCUT2D eigenvalue weighted by atomic mass is 10.1. The minimum absolute atomic E-state index is 0.389. The second kappa shape index (κ2) is 5.00. The van der Waals surface area contributed by atoms with E-state index in [0.29, 0.717) is 6.54 Å². The van der Waals surface area contributed by atoms with Crippen molar-refractivity contribution in [3.8, 4) is 0 Å². The summed E-state index contributed by atoms with van der Waals surface area (Å²) < 4.78 is 1.05. The van der Waals surface area contributed by atoms with E-state index in [4.69, 9.17) is 5.73 Å². The Hall–Kier alpha value is -1.03. The number of nitrogens with two attached hydrogens (primary N) is 1. The van der Waals surface area contributed by atoms with Crippen LogP contribution in [-0.2, 0) is 6.42 Å². The van der Waals surface area contributed by atoms with Crippen molar-refractivity contribution in [2.24, 2.45) is 5.73 Å². The highest BCUT2D eigenvalue weighted by Crippen LogP contribution is 2.12. The van der Waals surface area contributed by atoms with E-state index in [9.17, 15) is 4.79 Å². The van der Waals surface area contributed by atoms with Gasteiger partial charge in [0, 0.05) is 18.1 Å². The lowest BCUT2D eigenvalue weighted by molar-refractivity contribution is 0.219. The molecule has 0 saturated heterocycles. The topological polar surface area (TPSA) is 46.3 Å². The molecule has 4 heteroatoms. The molecule has 0 aliphatic carbocycles. The van der Waals surface area contributed by atoms with E-state index >= 15 is 0 Å². The number of carbonyl (C=O) groups excluding carboxylic acids is 1. The molecule has 0 fully saturated rings. The summed E-state index contributed by atoms with van der Waals surface area (Å²) in [5.41, 5.74) is 6.30. The number of carbonyl (C=O) groups is 1. The fourth-order valence-corrected chi connectivity index (χ4v) is 1.55. The lowest BCUT2D eigenvalue weighted by Crippen LogP contribution is -2.33. The maximum Gasteiger partial charge on any atom is 0.314 e. The van der Waals surface area contributed by atoms with Crippen LogP contribution in [0.2, 0.25) is 0 Å². The monoisotopic (exact) mass is 256 g/mol. The van der Waals surface area contributed by atoms with Gasteiger partial charge in [0.1, 0.15) is 0 Å². The quantitative estimate of drug-likeness (QED) is 0.884. The van der Waals surface area contributed by atoms with Gasteiger partial charge in [0.25, 0.3) is 0 Å². The average Bonchev–Trinajstić information content (AvgIpc) is 2.14. The first-order chi connectivity index (χ1) is 6.59. The highest BCUT2D eigenvalue weighted by molar-refractivity contribution is 9.10. The van der Waals surface area contributed by atoms with Crippen molar-refractivity contribution in [2.45, 2.75) is 6.42 Å². The predicted octanol–water partition coefficient (Wildman–Crippen LogP) is 2.00. The van der Waals surface area contributed by atoms with Gasteiger partial charge in [-0.2, -0.15) is 0 Å². The molecule has 0 unspecified atom stereocenters. The molecule has 2 amide bonds. The molecular weight excluding hydrogens is 244 g/mol. The fourth-order valence-electron chi connectivity index (χ4n) is 1.10. The zero-order valence-electron chi connectivity index (χ0n) is 8.03. The first kappa shape index (κ1) is 11.0. The Bertz CT molecular complexity index is 328. The van der Waals surface area contributed by atoms with E-state index in [2.05, 4.69) is 15.9 Å². The molecule has 14 heavy (non-hydrogen) atoms. The smallest absolute Gasteiger partial charge is 0.314 e. The molecule has 2 N–H and O–H groups in total. The van der Waals surface area contributed by atoms with Gasteiger partial charge in [-0.1, -0.05) is 28.1 Å². The third kappa shape index (κ3) is 3.38. The summed E-state index contributed by atoms with van der Waals surface area (Å²) in [6.07, 6.45) is 0.818. The molecule has 0 radical (unpaired) electrons. The first-order valence-electron chi connectivity index (χ1n) is 4.34. The average molecular weight is 257 g/mol. The van der Waals surface area contributed by atoms with Crippen LogP contribution in [0.3, 0.4) is 0 Å². The maximum atomic E-state index is 10.7. The Morgan fingerprint density at radius 2 is 2.29 bits per heavy atom. The molecular formula is C10H13BrN2O. The zero-order chi connectivity index (χ0) is 10.6. The molecule has 76 valence electrons. The van der Waals surface area contributed by atoms with Crippen LogP contribution in [-0.4, -0.2) is 24.5 Å². The highest BCUT2D eigenvalue weighted by Gasteiger charge is 2.02. The number of likely N-dealkylation sites (N-methyl/N-ethyl adjacent to an activating group) is 1. The molecule has 0 aromatic heterocycles. The van der Waals surface area contributed by atoms with Crippen molar-refractivity contribution in [1.82, 2.24) is 4.90 Å². The van der Waals surface area contributed by atoms with Gasteiger partial charge in [0.15, 0.2) is 0 Å². The fraction of sp³-hybridized carbons (Fsp3) is 0.300. The van der Waals surface area contributed by atoms with Crippen LogP contribution in [0.4, 0.5) is 4.79 Å². The van der Waals surface area contributed by atoms with E-state index in [1.807, 2.05) is 24.3 Å². The van der Waals surface area contributed by atoms with Gasteiger partial charge in [-0.05, 0) is 24.1 Å². The van der Waals surface area contributed by atoms with Crippen LogP contribution in [0.5, 0.6) is 0 Å². The number of hydrogen-bond donors (Lipinski definition) is 1. The zero-order valence-corrected chi connectivity index (χ0v) is 9.62. The number of hydrogen-bond acceptors (Lipinski definition) is 1. The molecule has 0 aliphatic rings. The summed E-state index contributed by atoms with van der Waals surface area (Å²) in [6, 6.07) is 7.62. The van der Waals surface area contributed by atoms with Gasteiger partial charge in [0.05, 0.1) is 0 Å². The van der Waals surface area contributed by atoms with Crippen molar-refractivity contribution < 1.29 is 4.79 Å². The molecule has 1 aromatic carbocycles. The number of rotatable bonds is 3. The SMILES string of the molecule is CN(CCc1cccc(Br)c1)C(N)=O. The van der Waals surface area contributed by atoms with Gasteiger partial charge in [-0.15, -0.1) is 0 Å². The van der Waals surface area contributed by atoms with E-state index in [1.54, 1.807) is 7.05 Å². The molecule has 0 spiro atoms. The number of benzene rings is 1. The maximum absolute atomic E-state index is 10.7. The Kier molecular flexibility index (Phi) is 3.95. The van der Waals surface area contributed by atoms with Crippen molar-refractivity contribution in [3.63, 3.8) is 0 Å². The predicted molar refractivity (Wildman–Crippen MR) is 60.1 cm³/mol. The number of halogens is 1. The van der Waals surface area contributed by atoms with Crippen molar-refractivity contribution in [2.75, 3.05) is 13.6 Å². The summed E-state index contributed by atoms with van der Waals surface area (Å²) >= 11 is 3.39. The van der Waals surface area contributed by atoms with Crippen molar-refractivity contribution >= 4 is 22.0 Å². The molecule has 3 nitrogen and oxygen atoms in total. The summed E-state index contributed by atoms with van der Waals surface area (Å²) in [7, 11) is 1.69. The van der Waals surface area contributed by atoms with Gasteiger partial charge in [-0.25, -0.2) is 4.79 Å². The van der Waals surface area contributed by atoms with E-state index in [1.165, 1.54) is 10.5 Å².